The first-order chi connectivity index (χ1) is 29.9. The topological polar surface area (TPSA) is 165 Å². The number of aromatic nitrogens is 2. The number of methoxy groups -OCH3 is 1. The molecule has 2 fully saturated rings. The number of amides is 5. The SMILES string of the molecule is COc1cccc(-n2c(NC(=O)c3cccc(C(F)(F)F)c3)nc3cc(CN4CCN(CCOCCOc5ccc6c(c5)C(=O)N(C5CCC(=O)NC5=O)C6=O)CC4)ccc32)c1. The number of imidazole rings is 1. The zero-order chi connectivity index (χ0) is 43.5. The Bertz CT molecular complexity index is 2550. The zero-order valence-electron chi connectivity index (χ0n) is 33.6. The molecule has 4 aromatic carbocycles. The summed E-state index contributed by atoms with van der Waals surface area (Å²) in [5.41, 5.74) is 2.18. The molecule has 3 aliphatic heterocycles. The smallest absolute Gasteiger partial charge is 0.416 e. The second kappa shape index (κ2) is 17.8. The van der Waals surface area contributed by atoms with Gasteiger partial charge in [0.05, 0.1) is 53.7 Å². The maximum Gasteiger partial charge on any atom is 0.416 e. The van der Waals surface area contributed by atoms with Crippen molar-refractivity contribution in [1.82, 2.24) is 29.6 Å². The molecule has 2 N–H and O–H groups in total. The molecule has 2 saturated heterocycles. The van der Waals surface area contributed by atoms with E-state index in [-0.39, 0.29) is 42.1 Å². The summed E-state index contributed by atoms with van der Waals surface area (Å²) in [5.74, 6) is -1.90. The molecule has 0 radical (unpaired) electrons. The van der Waals surface area contributed by atoms with E-state index in [1.807, 2.05) is 24.3 Å². The summed E-state index contributed by atoms with van der Waals surface area (Å²) in [5, 5.41) is 4.91. The number of ether oxygens (including phenoxy) is 3. The molecule has 4 heterocycles. The average molecular weight is 854 g/mol. The third-order valence-electron chi connectivity index (χ3n) is 11.0. The summed E-state index contributed by atoms with van der Waals surface area (Å²) in [6.07, 6.45) is -4.48. The van der Waals surface area contributed by atoms with Gasteiger partial charge >= 0.3 is 6.18 Å². The van der Waals surface area contributed by atoms with Crippen LogP contribution in [0.3, 0.4) is 0 Å². The third-order valence-corrected chi connectivity index (χ3v) is 11.0. The number of carbonyl (C=O) groups is 5. The summed E-state index contributed by atoms with van der Waals surface area (Å²) in [6.45, 7) is 5.69. The normalized spacial score (nSPS) is 17.4. The molecule has 1 unspecified atom stereocenters. The van der Waals surface area contributed by atoms with Crippen molar-refractivity contribution in [3.05, 3.63) is 113 Å². The lowest BCUT2D eigenvalue weighted by Crippen LogP contribution is -2.54. The minimum Gasteiger partial charge on any atom is -0.497 e. The molecule has 8 rings (SSSR count). The van der Waals surface area contributed by atoms with Crippen molar-refractivity contribution < 1.29 is 51.4 Å². The van der Waals surface area contributed by atoms with Crippen molar-refractivity contribution >= 4 is 46.5 Å². The van der Waals surface area contributed by atoms with Crippen LogP contribution in [0, 0.1) is 0 Å². The van der Waals surface area contributed by atoms with Gasteiger partial charge in [0.1, 0.15) is 24.1 Å². The maximum absolute atomic E-state index is 13.4. The van der Waals surface area contributed by atoms with E-state index in [0.717, 1.165) is 55.3 Å². The molecule has 322 valence electrons. The molecule has 1 atom stereocenters. The Morgan fingerprint density at radius 1 is 0.839 bits per heavy atom. The van der Waals surface area contributed by atoms with E-state index in [9.17, 15) is 37.1 Å². The van der Waals surface area contributed by atoms with Gasteiger partial charge < -0.3 is 14.2 Å². The highest BCUT2D eigenvalue weighted by molar-refractivity contribution is 6.23. The van der Waals surface area contributed by atoms with Crippen LogP contribution in [0.4, 0.5) is 19.1 Å². The van der Waals surface area contributed by atoms with E-state index >= 15 is 0 Å². The molecule has 1 aromatic heterocycles. The fraction of sp³-hybridized carbons (Fsp3) is 0.318. The predicted molar refractivity (Wildman–Crippen MR) is 218 cm³/mol. The number of benzene rings is 4. The molecule has 18 heteroatoms. The van der Waals surface area contributed by atoms with Crippen LogP contribution in [0.15, 0.2) is 84.9 Å². The number of alkyl halides is 3. The highest BCUT2D eigenvalue weighted by Gasteiger charge is 2.44. The third kappa shape index (κ3) is 9.02. The Hall–Kier alpha value is -6.63. The van der Waals surface area contributed by atoms with Gasteiger partial charge in [-0.25, -0.2) is 4.98 Å². The lowest BCUT2D eigenvalue weighted by molar-refractivity contribution is -0.138. The van der Waals surface area contributed by atoms with Crippen LogP contribution in [0.25, 0.3) is 16.7 Å². The zero-order valence-corrected chi connectivity index (χ0v) is 33.6. The van der Waals surface area contributed by atoms with Crippen LogP contribution >= 0.6 is 0 Å². The van der Waals surface area contributed by atoms with E-state index in [0.29, 0.717) is 48.0 Å². The summed E-state index contributed by atoms with van der Waals surface area (Å²) in [6, 6.07) is 20.8. The van der Waals surface area contributed by atoms with Crippen LogP contribution in [0.1, 0.15) is 55.0 Å². The van der Waals surface area contributed by atoms with Gasteiger partial charge in [-0.2, -0.15) is 13.2 Å². The largest absolute Gasteiger partial charge is 0.497 e. The first-order valence-electron chi connectivity index (χ1n) is 20.0. The van der Waals surface area contributed by atoms with Crippen LogP contribution in [0.2, 0.25) is 0 Å². The van der Waals surface area contributed by atoms with Gasteiger partial charge in [0.2, 0.25) is 17.8 Å². The number of piperidine rings is 1. The maximum atomic E-state index is 13.4. The van der Waals surface area contributed by atoms with Gasteiger partial charge in [0, 0.05) is 57.3 Å². The van der Waals surface area contributed by atoms with Gasteiger partial charge in [0.25, 0.3) is 17.7 Å². The second-order valence-electron chi connectivity index (χ2n) is 15.1. The molecule has 15 nitrogen and oxygen atoms in total. The molecule has 3 aliphatic rings. The molecule has 0 aliphatic carbocycles. The Morgan fingerprint density at radius 2 is 1.61 bits per heavy atom. The Kier molecular flexibility index (Phi) is 12.1. The van der Waals surface area contributed by atoms with E-state index in [1.165, 1.54) is 31.4 Å². The lowest BCUT2D eigenvalue weighted by atomic mass is 10.0. The molecule has 5 amide bonds. The number of nitrogens with zero attached hydrogens (tertiary/aromatic N) is 5. The van der Waals surface area contributed by atoms with Gasteiger partial charge in [-0.1, -0.05) is 18.2 Å². The molecular weight excluding hydrogens is 812 g/mol. The fourth-order valence-electron chi connectivity index (χ4n) is 7.81. The number of anilines is 1. The fourth-order valence-corrected chi connectivity index (χ4v) is 7.81. The first-order valence-corrected chi connectivity index (χ1v) is 20.0. The van der Waals surface area contributed by atoms with Gasteiger partial charge in [-0.15, -0.1) is 0 Å². The second-order valence-corrected chi connectivity index (χ2v) is 15.1. The van der Waals surface area contributed by atoms with E-state index in [1.54, 1.807) is 28.8 Å². The number of hydrogen-bond acceptors (Lipinski definition) is 11. The Balaban J connectivity index is 0.819. The summed E-state index contributed by atoms with van der Waals surface area (Å²) in [4.78, 5) is 73.5. The number of rotatable bonds is 14. The summed E-state index contributed by atoms with van der Waals surface area (Å²) in [7, 11) is 1.54. The van der Waals surface area contributed by atoms with E-state index in [2.05, 4.69) is 20.4 Å². The van der Waals surface area contributed by atoms with Gasteiger partial charge in [0.15, 0.2) is 0 Å². The standard InChI is InChI=1S/C44H42F3N7O8/c1-60-31-7-3-6-30(24-31)53-36-11-8-27(22-35(36)48-43(53)50-39(56)28-4-2-5-29(23-28)44(45,46)47)26-52-16-14-51(15-17-52)18-19-61-20-21-62-32-9-10-33-34(25-32)42(59)54(41(33)58)37-12-13-38(55)49-40(37)57/h2-11,22-25,37H,12-21,26H2,1H3,(H,48,50,56)(H,49,55,57). The lowest BCUT2D eigenvalue weighted by Gasteiger charge is -2.34. The minimum absolute atomic E-state index is 0.0446. The predicted octanol–water partition coefficient (Wildman–Crippen LogP) is 4.92. The number of halogens is 3. The van der Waals surface area contributed by atoms with Crippen LogP contribution in [0.5, 0.6) is 11.5 Å². The molecule has 0 spiro atoms. The quantitative estimate of drug-likeness (QED) is 0.115. The molecule has 0 saturated carbocycles. The highest BCUT2D eigenvalue weighted by Crippen LogP contribution is 2.33. The monoisotopic (exact) mass is 853 g/mol. The Labute approximate surface area is 353 Å². The Morgan fingerprint density at radius 3 is 2.39 bits per heavy atom. The van der Waals surface area contributed by atoms with Crippen LogP contribution < -0.4 is 20.1 Å². The number of piperazine rings is 1. The highest BCUT2D eigenvalue weighted by atomic mass is 19.4. The summed E-state index contributed by atoms with van der Waals surface area (Å²) >= 11 is 0. The van der Waals surface area contributed by atoms with Gasteiger partial charge in [-0.05, 0) is 72.6 Å². The number of carbonyl (C=O) groups excluding carboxylic acids is 5. The molecular formula is C44H42F3N7O8. The summed E-state index contributed by atoms with van der Waals surface area (Å²) < 4.78 is 59.0. The van der Waals surface area contributed by atoms with Crippen molar-refractivity contribution in [2.75, 3.05) is 65.0 Å². The molecule has 5 aromatic rings. The van der Waals surface area contributed by atoms with Crippen molar-refractivity contribution in [3.8, 4) is 17.2 Å². The molecule has 0 bridgehead atoms. The average Bonchev–Trinajstić information content (AvgIpc) is 3.74. The number of nitrogens with one attached hydrogen (secondary N) is 2. The first kappa shape index (κ1) is 42.1. The number of imide groups is 2. The van der Waals surface area contributed by atoms with Crippen molar-refractivity contribution in [2.45, 2.75) is 31.6 Å². The van der Waals surface area contributed by atoms with E-state index < -0.39 is 47.3 Å². The molecule has 62 heavy (non-hydrogen) atoms. The van der Waals surface area contributed by atoms with Crippen molar-refractivity contribution in [2.24, 2.45) is 0 Å². The van der Waals surface area contributed by atoms with Gasteiger partial charge in [-0.3, -0.25) is 53.9 Å². The van der Waals surface area contributed by atoms with Crippen LogP contribution in [-0.2, 0) is 27.0 Å². The van der Waals surface area contributed by atoms with Crippen LogP contribution in [-0.4, -0.2) is 119 Å². The number of fused-ring (bicyclic) bond motifs is 2. The van der Waals surface area contributed by atoms with Crippen molar-refractivity contribution in [3.63, 3.8) is 0 Å². The van der Waals surface area contributed by atoms with Crippen molar-refractivity contribution in [1.29, 1.82) is 0 Å². The van der Waals surface area contributed by atoms with E-state index in [4.69, 9.17) is 19.2 Å². The minimum atomic E-state index is -4.60. The number of hydrogen-bond donors (Lipinski definition) is 2.